The molecule has 3 atom stereocenters. The molecule has 3 unspecified atom stereocenters. The zero-order valence-electron chi connectivity index (χ0n) is 30.5. The molecule has 0 aliphatic rings. The average molecular weight is 673 g/mol. The van der Waals surface area contributed by atoms with E-state index in [1.807, 2.05) is 28.2 Å². The van der Waals surface area contributed by atoms with Crippen LogP contribution in [0.4, 0.5) is 0 Å². The van der Waals surface area contributed by atoms with E-state index in [0.717, 1.165) is 51.4 Å². The monoisotopic (exact) mass is 673 g/mol. The highest BCUT2D eigenvalue weighted by atomic mass is 16.5. The van der Waals surface area contributed by atoms with Crippen molar-refractivity contribution in [2.45, 2.75) is 135 Å². The fourth-order valence-corrected chi connectivity index (χ4v) is 5.70. The minimum Gasteiger partial charge on any atom is -0.544 e. The zero-order valence-corrected chi connectivity index (χ0v) is 30.5. The number of aliphatic hydroxyl groups is 1. The van der Waals surface area contributed by atoms with Gasteiger partial charge in [-0.05, 0) is 26.2 Å². The van der Waals surface area contributed by atoms with Gasteiger partial charge in [0.2, 0.25) is 11.8 Å². The van der Waals surface area contributed by atoms with Crippen molar-refractivity contribution in [3.05, 3.63) is 0 Å². The topological polar surface area (TPSA) is 168 Å². The van der Waals surface area contributed by atoms with Crippen molar-refractivity contribution >= 4 is 23.8 Å². The normalized spacial score (nSPS) is 13.9. The first-order chi connectivity index (χ1) is 22.1. The molecule has 0 aromatic carbocycles. The van der Waals surface area contributed by atoms with E-state index in [2.05, 4.69) is 17.6 Å². The maximum atomic E-state index is 12.7. The summed E-state index contributed by atoms with van der Waals surface area (Å²) in [6, 6.07) is 0. The van der Waals surface area contributed by atoms with Gasteiger partial charge in [-0.25, -0.2) is 0 Å². The van der Waals surface area contributed by atoms with Crippen molar-refractivity contribution in [3.8, 4) is 0 Å². The quantitative estimate of drug-likeness (QED) is 0.0731. The Morgan fingerprint density at radius 3 is 1.68 bits per heavy atom. The lowest BCUT2D eigenvalue weighted by atomic mass is 9.99. The number of rotatable bonds is 31. The molecule has 0 aliphatic heterocycles. The second kappa shape index (κ2) is 25.7. The fourth-order valence-electron chi connectivity index (χ4n) is 5.70. The molecule has 0 fully saturated rings. The van der Waals surface area contributed by atoms with Crippen molar-refractivity contribution in [1.29, 1.82) is 0 Å². The number of nitrogens with zero attached hydrogens (tertiary/aromatic N) is 2. The van der Waals surface area contributed by atoms with Gasteiger partial charge in [0.05, 0.1) is 65.4 Å². The first kappa shape index (κ1) is 44.7. The maximum Gasteiger partial charge on any atom is 0.248 e. The van der Waals surface area contributed by atoms with E-state index < -0.39 is 30.3 Å². The Morgan fingerprint density at radius 1 is 0.681 bits per heavy atom. The summed E-state index contributed by atoms with van der Waals surface area (Å²) < 4.78 is 6.72. The van der Waals surface area contributed by atoms with Crippen LogP contribution in [0.3, 0.4) is 0 Å². The highest BCUT2D eigenvalue weighted by Gasteiger charge is 2.25. The highest BCUT2D eigenvalue weighted by Crippen LogP contribution is 2.19. The Labute approximate surface area is 284 Å². The molecule has 276 valence electrons. The van der Waals surface area contributed by atoms with Crippen molar-refractivity contribution < 1.29 is 48.2 Å². The second-order valence-electron chi connectivity index (χ2n) is 14.5. The summed E-state index contributed by atoms with van der Waals surface area (Å²) in [4.78, 5) is 46.6. The number of quaternary nitrogens is 2. The van der Waals surface area contributed by atoms with Crippen LogP contribution in [0.15, 0.2) is 0 Å². The van der Waals surface area contributed by atoms with Crippen LogP contribution >= 0.6 is 0 Å². The molecule has 0 radical (unpaired) electrons. The number of hydrogen-bond donors (Lipinski definition) is 3. The van der Waals surface area contributed by atoms with Crippen LogP contribution in [0.1, 0.15) is 117 Å². The van der Waals surface area contributed by atoms with Gasteiger partial charge in [-0.15, -0.1) is 0 Å². The third-order valence-electron chi connectivity index (χ3n) is 8.54. The summed E-state index contributed by atoms with van der Waals surface area (Å²) in [6.07, 6.45) is 12.5. The SMILES string of the molecule is CCCCCCCCC(O)C(CCCCCCCC(=O)NCCC[N+](C)(C)CC(=O)[O-])OC(C)C(=O)NCCC[N+](C)(C)CC(=O)[O-]. The van der Waals surface area contributed by atoms with Crippen LogP contribution in [0.2, 0.25) is 0 Å². The smallest absolute Gasteiger partial charge is 0.248 e. The van der Waals surface area contributed by atoms with E-state index in [1.165, 1.54) is 19.3 Å². The van der Waals surface area contributed by atoms with Gasteiger partial charge in [-0.1, -0.05) is 71.1 Å². The highest BCUT2D eigenvalue weighted by molar-refractivity contribution is 5.80. The molecule has 0 rings (SSSR count). The first-order valence-corrected chi connectivity index (χ1v) is 18.0. The summed E-state index contributed by atoms with van der Waals surface area (Å²) in [6.45, 7) is 5.91. The second-order valence-corrected chi connectivity index (χ2v) is 14.5. The molecular weight excluding hydrogens is 604 g/mol. The van der Waals surface area contributed by atoms with Gasteiger partial charge >= 0.3 is 0 Å². The molecule has 0 saturated heterocycles. The van der Waals surface area contributed by atoms with E-state index in [9.17, 15) is 34.5 Å². The number of hydrogen-bond acceptors (Lipinski definition) is 8. The number of carbonyl (C=O) groups excluding carboxylic acids is 4. The minimum atomic E-state index is -1.10. The molecule has 12 nitrogen and oxygen atoms in total. The molecule has 0 heterocycles. The molecule has 0 aromatic heterocycles. The summed E-state index contributed by atoms with van der Waals surface area (Å²) in [5, 5.41) is 38.5. The van der Waals surface area contributed by atoms with Crippen molar-refractivity contribution in [3.63, 3.8) is 0 Å². The van der Waals surface area contributed by atoms with E-state index >= 15 is 0 Å². The Balaban J connectivity index is 4.55. The molecule has 0 bridgehead atoms. The zero-order chi connectivity index (χ0) is 35.7. The molecule has 47 heavy (non-hydrogen) atoms. The number of unbranched alkanes of at least 4 members (excludes halogenated alkanes) is 9. The number of aliphatic carboxylic acids is 2. The number of carboxylic acids is 2. The Bertz CT molecular complexity index is 884. The number of nitrogens with one attached hydrogen (secondary N) is 2. The molecule has 3 N–H and O–H groups in total. The number of aliphatic hydroxyl groups excluding tert-OH is 1. The number of carbonyl (C=O) groups is 4. The van der Waals surface area contributed by atoms with Gasteiger partial charge in [0.15, 0.2) is 0 Å². The third-order valence-corrected chi connectivity index (χ3v) is 8.54. The minimum absolute atomic E-state index is 0.00842. The molecular formula is C35H68N4O8. The molecule has 0 saturated carbocycles. The summed E-state index contributed by atoms with van der Waals surface area (Å²) in [5.41, 5.74) is 0. The van der Waals surface area contributed by atoms with Crippen LogP contribution in [0, 0.1) is 0 Å². The van der Waals surface area contributed by atoms with E-state index in [4.69, 9.17) is 4.74 Å². The lowest BCUT2D eigenvalue weighted by Gasteiger charge is -2.30. The van der Waals surface area contributed by atoms with Crippen molar-refractivity contribution in [2.24, 2.45) is 0 Å². The van der Waals surface area contributed by atoms with Gasteiger partial charge in [0.1, 0.15) is 19.2 Å². The first-order valence-electron chi connectivity index (χ1n) is 18.0. The van der Waals surface area contributed by atoms with Crippen molar-refractivity contribution in [2.75, 3.05) is 67.5 Å². The molecule has 0 aromatic rings. The lowest BCUT2D eigenvalue weighted by molar-refractivity contribution is -0.884. The lowest BCUT2D eigenvalue weighted by Crippen LogP contribution is -2.49. The number of amides is 2. The van der Waals surface area contributed by atoms with E-state index in [0.29, 0.717) is 62.8 Å². The summed E-state index contributed by atoms with van der Waals surface area (Å²) >= 11 is 0. The van der Waals surface area contributed by atoms with Gasteiger partial charge in [0, 0.05) is 32.4 Å². The van der Waals surface area contributed by atoms with Crippen LogP contribution in [-0.2, 0) is 23.9 Å². The van der Waals surface area contributed by atoms with E-state index in [-0.39, 0.29) is 29.4 Å². The van der Waals surface area contributed by atoms with Crippen LogP contribution < -0.4 is 20.8 Å². The molecule has 12 heteroatoms. The predicted molar refractivity (Wildman–Crippen MR) is 180 cm³/mol. The van der Waals surface area contributed by atoms with Crippen LogP contribution in [-0.4, -0.2) is 124 Å². The third kappa shape index (κ3) is 26.4. The maximum absolute atomic E-state index is 12.7. The fraction of sp³-hybridized carbons (Fsp3) is 0.886. The number of carboxylic acid groups (broad SMARTS) is 2. The molecule has 0 spiro atoms. The van der Waals surface area contributed by atoms with Crippen LogP contribution in [0.25, 0.3) is 0 Å². The summed E-state index contributed by atoms with van der Waals surface area (Å²) in [7, 11) is 7.28. The summed E-state index contributed by atoms with van der Waals surface area (Å²) in [5.74, 6) is -2.42. The predicted octanol–water partition coefficient (Wildman–Crippen LogP) is 1.27. The average Bonchev–Trinajstić information content (AvgIpc) is 2.96. The van der Waals surface area contributed by atoms with Crippen molar-refractivity contribution in [1.82, 2.24) is 10.6 Å². The van der Waals surface area contributed by atoms with Gasteiger partial charge in [-0.2, -0.15) is 0 Å². The number of ether oxygens (including phenoxy) is 1. The molecule has 2 amide bonds. The van der Waals surface area contributed by atoms with Gasteiger partial charge in [-0.3, -0.25) is 9.59 Å². The number of likely N-dealkylation sites (N-methyl/N-ethyl adjacent to an activating group) is 2. The largest absolute Gasteiger partial charge is 0.544 e. The Hall–Kier alpha value is -2.28. The molecule has 0 aliphatic carbocycles. The van der Waals surface area contributed by atoms with E-state index in [1.54, 1.807) is 6.92 Å². The Morgan fingerprint density at radius 2 is 1.15 bits per heavy atom. The van der Waals surface area contributed by atoms with Crippen LogP contribution in [0.5, 0.6) is 0 Å². The standard InChI is InChI=1S/C35H68N4O8/c1-7-8-9-10-12-15-20-30(40)31(47-29(2)35(46)37-24-19-26-39(5,6)28-34(44)45)21-16-13-11-14-17-22-32(41)36-23-18-25-38(3,4)27-33(42)43/h29-31,40H,7-28H2,1-6H3,(H2-2,36,37,41,42,43,44,45,46). The Kier molecular flexibility index (Phi) is 24.5. The van der Waals surface area contributed by atoms with Gasteiger partial charge in [0.25, 0.3) is 0 Å². The van der Waals surface area contributed by atoms with Gasteiger partial charge < -0.3 is 49.2 Å².